The van der Waals surface area contributed by atoms with Crippen molar-refractivity contribution < 1.29 is 28.6 Å². The standard InChI is InChI=1S/C24H32N4O6/c1-32-11-10-28-23(30)18-4-3-17(13-19(18)25-24(28)31)22(29)27-8-6-26(7-9-27)14-16-2-5-20-21(12-16)34-15-33-20/h2,5,12,17-19H,3-4,6-11,13-15H2,1H3,(H,25,31). The number of imide groups is 1. The molecule has 184 valence electrons. The lowest BCUT2D eigenvalue weighted by Gasteiger charge is -2.43. The first-order valence-corrected chi connectivity index (χ1v) is 12.0. The second-order valence-corrected chi connectivity index (χ2v) is 9.44. The van der Waals surface area contributed by atoms with Crippen LogP contribution in [-0.2, 0) is 20.9 Å². The predicted molar refractivity (Wildman–Crippen MR) is 121 cm³/mol. The number of hydrogen-bond acceptors (Lipinski definition) is 7. The first-order chi connectivity index (χ1) is 16.5. The number of urea groups is 1. The van der Waals surface area contributed by atoms with E-state index in [1.807, 2.05) is 17.0 Å². The molecule has 1 aromatic rings. The summed E-state index contributed by atoms with van der Waals surface area (Å²) in [6, 6.07) is 5.37. The summed E-state index contributed by atoms with van der Waals surface area (Å²) < 4.78 is 15.9. The number of methoxy groups -OCH3 is 1. The third-order valence-electron chi connectivity index (χ3n) is 7.38. The molecule has 4 amide bonds. The number of hydrogen-bond donors (Lipinski definition) is 1. The first-order valence-electron chi connectivity index (χ1n) is 12.0. The van der Waals surface area contributed by atoms with Crippen LogP contribution in [0.25, 0.3) is 0 Å². The van der Waals surface area contributed by atoms with E-state index in [0.717, 1.165) is 31.1 Å². The van der Waals surface area contributed by atoms with Crippen molar-refractivity contribution >= 4 is 17.8 Å². The number of carbonyl (C=O) groups is 3. The molecule has 3 fully saturated rings. The zero-order valence-electron chi connectivity index (χ0n) is 19.5. The molecule has 0 radical (unpaired) electrons. The van der Waals surface area contributed by atoms with Gasteiger partial charge in [0.2, 0.25) is 18.6 Å². The largest absolute Gasteiger partial charge is 0.454 e. The second-order valence-electron chi connectivity index (χ2n) is 9.44. The van der Waals surface area contributed by atoms with Gasteiger partial charge in [0, 0.05) is 51.8 Å². The van der Waals surface area contributed by atoms with Crippen molar-refractivity contribution in [1.82, 2.24) is 20.0 Å². The van der Waals surface area contributed by atoms with Gasteiger partial charge in [-0.2, -0.15) is 0 Å². The summed E-state index contributed by atoms with van der Waals surface area (Å²) in [5.74, 6) is 1.17. The summed E-state index contributed by atoms with van der Waals surface area (Å²) >= 11 is 0. The molecule has 0 aromatic heterocycles. The van der Waals surface area contributed by atoms with Crippen LogP contribution in [-0.4, -0.2) is 91.8 Å². The smallest absolute Gasteiger partial charge is 0.324 e. The van der Waals surface area contributed by atoms with Gasteiger partial charge >= 0.3 is 6.03 Å². The van der Waals surface area contributed by atoms with Gasteiger partial charge in [0.25, 0.3) is 0 Å². The Labute approximate surface area is 199 Å². The highest BCUT2D eigenvalue weighted by Gasteiger charge is 2.45. The van der Waals surface area contributed by atoms with Crippen LogP contribution in [0.2, 0.25) is 0 Å². The van der Waals surface area contributed by atoms with Gasteiger partial charge in [-0.3, -0.25) is 19.4 Å². The van der Waals surface area contributed by atoms with E-state index in [1.165, 1.54) is 10.5 Å². The van der Waals surface area contributed by atoms with E-state index < -0.39 is 0 Å². The third kappa shape index (κ3) is 4.56. The molecule has 1 aliphatic carbocycles. The lowest BCUT2D eigenvalue weighted by atomic mass is 9.76. The molecule has 1 saturated carbocycles. The Morgan fingerprint density at radius 1 is 1.12 bits per heavy atom. The van der Waals surface area contributed by atoms with Crippen LogP contribution >= 0.6 is 0 Å². The van der Waals surface area contributed by atoms with E-state index in [4.69, 9.17) is 14.2 Å². The van der Waals surface area contributed by atoms with E-state index in [1.54, 1.807) is 7.11 Å². The Morgan fingerprint density at radius 3 is 2.71 bits per heavy atom. The number of nitrogens with zero attached hydrogens (tertiary/aromatic N) is 3. The van der Waals surface area contributed by atoms with Crippen molar-refractivity contribution in [2.24, 2.45) is 11.8 Å². The van der Waals surface area contributed by atoms with Crippen molar-refractivity contribution in [1.29, 1.82) is 0 Å². The van der Waals surface area contributed by atoms with Gasteiger partial charge in [-0.05, 0) is 37.0 Å². The monoisotopic (exact) mass is 472 g/mol. The van der Waals surface area contributed by atoms with Crippen LogP contribution in [0, 0.1) is 11.8 Å². The minimum Gasteiger partial charge on any atom is -0.454 e. The van der Waals surface area contributed by atoms with E-state index in [9.17, 15) is 14.4 Å². The first kappa shape index (κ1) is 22.9. The van der Waals surface area contributed by atoms with Crippen molar-refractivity contribution in [3.05, 3.63) is 23.8 Å². The number of fused-ring (bicyclic) bond motifs is 2. The lowest BCUT2D eigenvalue weighted by molar-refractivity contribution is -0.144. The van der Waals surface area contributed by atoms with Crippen molar-refractivity contribution in [3.8, 4) is 11.5 Å². The zero-order chi connectivity index (χ0) is 23.7. The molecule has 3 heterocycles. The Hall–Kier alpha value is -2.85. The maximum atomic E-state index is 13.2. The molecule has 5 rings (SSSR count). The minimum absolute atomic E-state index is 0.143. The molecule has 3 aliphatic heterocycles. The molecule has 3 unspecified atom stereocenters. The molecule has 34 heavy (non-hydrogen) atoms. The van der Waals surface area contributed by atoms with Crippen LogP contribution in [0.1, 0.15) is 24.8 Å². The average molecular weight is 473 g/mol. The fourth-order valence-electron chi connectivity index (χ4n) is 5.46. The topological polar surface area (TPSA) is 101 Å². The molecule has 10 nitrogen and oxygen atoms in total. The number of piperazine rings is 1. The van der Waals surface area contributed by atoms with E-state index in [0.29, 0.717) is 39.0 Å². The summed E-state index contributed by atoms with van der Waals surface area (Å²) in [5, 5.41) is 2.96. The van der Waals surface area contributed by atoms with Crippen LogP contribution < -0.4 is 14.8 Å². The molecule has 1 aromatic carbocycles. The Kier molecular flexibility index (Phi) is 6.60. The summed E-state index contributed by atoms with van der Waals surface area (Å²) in [6.07, 6.45) is 1.82. The quantitative estimate of drug-likeness (QED) is 0.660. The average Bonchev–Trinajstić information content (AvgIpc) is 3.32. The molecule has 0 spiro atoms. The van der Waals surface area contributed by atoms with Gasteiger partial charge in [-0.25, -0.2) is 4.79 Å². The van der Waals surface area contributed by atoms with Crippen LogP contribution in [0.5, 0.6) is 11.5 Å². The fraction of sp³-hybridized carbons (Fsp3) is 0.625. The number of nitrogens with one attached hydrogen (secondary N) is 1. The maximum absolute atomic E-state index is 13.2. The molecule has 1 N–H and O–H groups in total. The van der Waals surface area contributed by atoms with Crippen molar-refractivity contribution in [3.63, 3.8) is 0 Å². The van der Waals surface area contributed by atoms with Crippen LogP contribution in [0.3, 0.4) is 0 Å². The highest BCUT2D eigenvalue weighted by molar-refractivity contribution is 5.99. The van der Waals surface area contributed by atoms with Crippen LogP contribution in [0.15, 0.2) is 18.2 Å². The predicted octanol–water partition coefficient (Wildman–Crippen LogP) is 1.04. The Balaban J connectivity index is 1.12. The normalized spacial score (nSPS) is 26.9. The van der Waals surface area contributed by atoms with Crippen molar-refractivity contribution in [2.75, 3.05) is 53.2 Å². The molecule has 10 heteroatoms. The Morgan fingerprint density at radius 2 is 1.91 bits per heavy atom. The molecule has 0 bridgehead atoms. The lowest BCUT2D eigenvalue weighted by Crippen LogP contribution is -2.62. The minimum atomic E-state index is -0.381. The SMILES string of the molecule is COCCN1C(=O)NC2CC(C(=O)N3CCN(Cc4ccc5c(c4)OCO5)CC3)CCC2C1=O. The molecular formula is C24H32N4O6. The van der Waals surface area contributed by atoms with E-state index in [-0.39, 0.29) is 49.1 Å². The summed E-state index contributed by atoms with van der Waals surface area (Å²) in [7, 11) is 1.54. The van der Waals surface area contributed by atoms with E-state index in [2.05, 4.69) is 16.3 Å². The van der Waals surface area contributed by atoms with Gasteiger partial charge in [0.05, 0.1) is 19.1 Å². The maximum Gasteiger partial charge on any atom is 0.324 e. The number of benzene rings is 1. The zero-order valence-corrected chi connectivity index (χ0v) is 19.5. The van der Waals surface area contributed by atoms with Gasteiger partial charge in [0.1, 0.15) is 0 Å². The molecule has 4 aliphatic rings. The highest BCUT2D eigenvalue weighted by atomic mass is 16.7. The van der Waals surface area contributed by atoms with Gasteiger partial charge < -0.3 is 24.4 Å². The Bertz CT molecular complexity index is 947. The van der Waals surface area contributed by atoms with Gasteiger partial charge in [0.15, 0.2) is 11.5 Å². The van der Waals surface area contributed by atoms with Crippen molar-refractivity contribution in [2.45, 2.75) is 31.8 Å². The number of ether oxygens (including phenoxy) is 3. The molecule has 3 atom stereocenters. The fourth-order valence-corrected chi connectivity index (χ4v) is 5.46. The second kappa shape index (κ2) is 9.79. The van der Waals surface area contributed by atoms with Gasteiger partial charge in [-0.1, -0.05) is 6.07 Å². The van der Waals surface area contributed by atoms with Crippen LogP contribution in [0.4, 0.5) is 4.79 Å². The molecular weight excluding hydrogens is 440 g/mol. The number of carbonyl (C=O) groups excluding carboxylic acids is 3. The summed E-state index contributed by atoms with van der Waals surface area (Å²) in [5.41, 5.74) is 1.17. The summed E-state index contributed by atoms with van der Waals surface area (Å²) in [4.78, 5) is 44.0. The van der Waals surface area contributed by atoms with Gasteiger partial charge in [-0.15, -0.1) is 0 Å². The third-order valence-corrected chi connectivity index (χ3v) is 7.38. The summed E-state index contributed by atoms with van der Waals surface area (Å²) in [6.45, 7) is 4.63. The molecule has 2 saturated heterocycles. The number of amides is 4. The number of rotatable bonds is 6. The van der Waals surface area contributed by atoms with E-state index >= 15 is 0 Å². The highest BCUT2D eigenvalue weighted by Crippen LogP contribution is 2.35.